The monoisotopic (exact) mass is 306 g/mol. The normalized spacial score (nSPS) is 11.1. The number of anilines is 2. The topological polar surface area (TPSA) is 84.0 Å². The first-order valence-corrected chi connectivity index (χ1v) is 8.15. The zero-order chi connectivity index (χ0) is 15.3. The van der Waals surface area contributed by atoms with Crippen molar-refractivity contribution in [3.63, 3.8) is 0 Å². The fraction of sp³-hybridized carbons (Fsp3) is 0.286. The second-order valence-electron chi connectivity index (χ2n) is 4.57. The highest BCUT2D eigenvalue weighted by molar-refractivity contribution is 7.92. The Labute approximate surface area is 124 Å². The van der Waals surface area contributed by atoms with Gasteiger partial charge < -0.3 is 5.32 Å². The van der Waals surface area contributed by atoms with Crippen LogP contribution in [0.25, 0.3) is 0 Å². The molecule has 0 radical (unpaired) electrons. The number of nitrogens with one attached hydrogen (secondary N) is 2. The lowest BCUT2D eigenvalue weighted by atomic mass is 10.3. The average molecular weight is 306 g/mol. The number of pyridine rings is 2. The maximum absolute atomic E-state index is 12.5. The number of aromatic nitrogens is 2. The van der Waals surface area contributed by atoms with Crippen LogP contribution in [0.4, 0.5) is 11.5 Å². The molecule has 2 rings (SSSR count). The lowest BCUT2D eigenvalue weighted by Gasteiger charge is -2.13. The van der Waals surface area contributed by atoms with Crippen molar-refractivity contribution in [3.8, 4) is 0 Å². The van der Waals surface area contributed by atoms with E-state index >= 15 is 0 Å². The molecule has 21 heavy (non-hydrogen) atoms. The summed E-state index contributed by atoms with van der Waals surface area (Å²) < 4.78 is 27.5. The zero-order valence-electron chi connectivity index (χ0n) is 12.0. The van der Waals surface area contributed by atoms with Gasteiger partial charge in [0.1, 0.15) is 10.7 Å². The van der Waals surface area contributed by atoms with Gasteiger partial charge in [0.15, 0.2) is 0 Å². The Hall–Kier alpha value is -2.15. The summed E-state index contributed by atoms with van der Waals surface area (Å²) in [6, 6.07) is 5.20. The van der Waals surface area contributed by atoms with E-state index in [-0.39, 0.29) is 4.90 Å². The van der Waals surface area contributed by atoms with Crippen LogP contribution in [-0.4, -0.2) is 24.9 Å². The predicted octanol–water partition coefficient (Wildman–Crippen LogP) is 2.41. The van der Waals surface area contributed by atoms with Crippen molar-refractivity contribution in [2.75, 3.05) is 16.6 Å². The maximum atomic E-state index is 12.5. The first kappa shape index (κ1) is 15.2. The molecule has 2 heterocycles. The van der Waals surface area contributed by atoms with Gasteiger partial charge in [-0.25, -0.2) is 13.4 Å². The fourth-order valence-corrected chi connectivity index (χ4v) is 2.98. The van der Waals surface area contributed by atoms with E-state index in [0.29, 0.717) is 18.1 Å². The molecule has 0 saturated heterocycles. The summed E-state index contributed by atoms with van der Waals surface area (Å²) in [6.07, 6.45) is 5.33. The first-order chi connectivity index (χ1) is 10.0. The number of nitrogens with zero attached hydrogens (tertiary/aromatic N) is 2. The van der Waals surface area contributed by atoms with Crippen LogP contribution in [0.2, 0.25) is 0 Å². The molecule has 0 bridgehead atoms. The molecule has 0 aromatic carbocycles. The molecule has 0 spiro atoms. The third-order valence-corrected chi connectivity index (χ3v) is 4.25. The van der Waals surface area contributed by atoms with Crippen molar-refractivity contribution in [2.24, 2.45) is 0 Å². The van der Waals surface area contributed by atoms with Crippen LogP contribution in [0.5, 0.6) is 0 Å². The van der Waals surface area contributed by atoms with E-state index in [1.54, 1.807) is 37.5 Å². The molecule has 0 aliphatic carbocycles. The van der Waals surface area contributed by atoms with Crippen molar-refractivity contribution < 1.29 is 8.42 Å². The van der Waals surface area contributed by atoms with Crippen molar-refractivity contribution in [2.45, 2.75) is 25.2 Å². The van der Waals surface area contributed by atoms with Crippen LogP contribution >= 0.6 is 0 Å². The molecule has 2 N–H and O–H groups in total. The minimum atomic E-state index is -3.73. The second-order valence-corrected chi connectivity index (χ2v) is 6.22. The number of rotatable bonds is 6. The van der Waals surface area contributed by atoms with Gasteiger partial charge in [-0.1, -0.05) is 13.0 Å². The number of sulfonamides is 1. The summed E-state index contributed by atoms with van der Waals surface area (Å²) in [7, 11) is -3.73. The van der Waals surface area contributed by atoms with Crippen molar-refractivity contribution in [1.29, 1.82) is 0 Å². The van der Waals surface area contributed by atoms with Gasteiger partial charge in [-0.15, -0.1) is 0 Å². The summed E-state index contributed by atoms with van der Waals surface area (Å²) in [4.78, 5) is 8.07. The molecule has 0 saturated carbocycles. The lowest BCUT2D eigenvalue weighted by Crippen LogP contribution is -2.17. The van der Waals surface area contributed by atoms with Crippen LogP contribution in [-0.2, 0) is 10.0 Å². The van der Waals surface area contributed by atoms with Crippen LogP contribution in [0.15, 0.2) is 41.7 Å². The summed E-state index contributed by atoms with van der Waals surface area (Å²) >= 11 is 0. The SMILES string of the molecule is CCCNc1ccncc1S(=O)(=O)Nc1ncccc1C. The fourth-order valence-electron chi connectivity index (χ4n) is 1.77. The van der Waals surface area contributed by atoms with E-state index in [2.05, 4.69) is 20.0 Å². The molecular weight excluding hydrogens is 288 g/mol. The van der Waals surface area contributed by atoms with Gasteiger partial charge in [-0.3, -0.25) is 9.71 Å². The number of hydrogen-bond acceptors (Lipinski definition) is 5. The van der Waals surface area contributed by atoms with E-state index in [1.165, 1.54) is 6.20 Å². The highest BCUT2D eigenvalue weighted by Crippen LogP contribution is 2.23. The Bertz CT molecular complexity index is 716. The van der Waals surface area contributed by atoms with Crippen molar-refractivity contribution >= 4 is 21.5 Å². The van der Waals surface area contributed by atoms with Crippen LogP contribution in [0.3, 0.4) is 0 Å². The van der Waals surface area contributed by atoms with Gasteiger partial charge in [0.25, 0.3) is 10.0 Å². The van der Waals surface area contributed by atoms with E-state index in [1.807, 2.05) is 6.92 Å². The molecule has 6 nitrogen and oxygen atoms in total. The van der Waals surface area contributed by atoms with Crippen LogP contribution < -0.4 is 10.0 Å². The molecular formula is C14H18N4O2S. The minimum absolute atomic E-state index is 0.114. The largest absolute Gasteiger partial charge is 0.384 e. The van der Waals surface area contributed by atoms with E-state index in [9.17, 15) is 8.42 Å². The van der Waals surface area contributed by atoms with Crippen molar-refractivity contribution in [3.05, 3.63) is 42.4 Å². The maximum Gasteiger partial charge on any atom is 0.266 e. The van der Waals surface area contributed by atoms with Crippen LogP contribution in [0, 0.1) is 6.92 Å². The summed E-state index contributed by atoms with van der Waals surface area (Å²) in [5.74, 6) is 0.322. The van der Waals surface area contributed by atoms with Crippen LogP contribution in [0.1, 0.15) is 18.9 Å². The number of aryl methyl sites for hydroxylation is 1. The molecule has 0 aliphatic heterocycles. The molecule has 2 aromatic heterocycles. The highest BCUT2D eigenvalue weighted by Gasteiger charge is 2.20. The minimum Gasteiger partial charge on any atom is -0.384 e. The molecule has 0 fully saturated rings. The molecule has 112 valence electrons. The van der Waals surface area contributed by atoms with Gasteiger partial charge in [-0.05, 0) is 31.0 Å². The Kier molecular flexibility index (Phi) is 4.74. The lowest BCUT2D eigenvalue weighted by molar-refractivity contribution is 0.601. The second kappa shape index (κ2) is 6.53. The molecule has 0 unspecified atom stereocenters. The predicted molar refractivity (Wildman–Crippen MR) is 82.8 cm³/mol. The Morgan fingerprint density at radius 2 is 2.05 bits per heavy atom. The summed E-state index contributed by atoms with van der Waals surface area (Å²) in [5, 5.41) is 3.09. The Morgan fingerprint density at radius 3 is 2.76 bits per heavy atom. The van der Waals surface area contributed by atoms with E-state index in [4.69, 9.17) is 0 Å². The summed E-state index contributed by atoms with van der Waals surface area (Å²) in [6.45, 7) is 4.50. The van der Waals surface area contributed by atoms with Crippen molar-refractivity contribution in [1.82, 2.24) is 9.97 Å². The van der Waals surface area contributed by atoms with Gasteiger partial charge in [0, 0.05) is 25.1 Å². The van der Waals surface area contributed by atoms with Gasteiger partial charge in [0.05, 0.1) is 5.69 Å². The van der Waals surface area contributed by atoms with Gasteiger partial charge >= 0.3 is 0 Å². The molecule has 7 heteroatoms. The standard InChI is InChI=1S/C14H18N4O2S/c1-3-7-16-12-6-9-15-10-13(12)21(19,20)18-14-11(2)5-4-8-17-14/h4-6,8-10H,3,7H2,1-2H3,(H,15,16)(H,17,18). The van der Waals surface area contributed by atoms with E-state index in [0.717, 1.165) is 12.0 Å². The third-order valence-electron chi connectivity index (χ3n) is 2.88. The first-order valence-electron chi connectivity index (χ1n) is 6.67. The Morgan fingerprint density at radius 1 is 1.24 bits per heavy atom. The third kappa shape index (κ3) is 3.69. The Balaban J connectivity index is 2.34. The van der Waals surface area contributed by atoms with Gasteiger partial charge in [-0.2, -0.15) is 0 Å². The molecule has 2 aromatic rings. The molecule has 0 amide bonds. The molecule has 0 aliphatic rings. The smallest absolute Gasteiger partial charge is 0.266 e. The average Bonchev–Trinajstić information content (AvgIpc) is 2.47. The van der Waals surface area contributed by atoms with E-state index < -0.39 is 10.0 Å². The zero-order valence-corrected chi connectivity index (χ0v) is 12.8. The quantitative estimate of drug-likeness (QED) is 0.856. The highest BCUT2D eigenvalue weighted by atomic mass is 32.2. The van der Waals surface area contributed by atoms with Gasteiger partial charge in [0.2, 0.25) is 0 Å². The number of hydrogen-bond donors (Lipinski definition) is 2. The summed E-state index contributed by atoms with van der Waals surface area (Å²) in [5.41, 5.74) is 1.29. The molecule has 0 atom stereocenters.